The highest BCUT2D eigenvalue weighted by Crippen LogP contribution is 2.31. The number of hydrogen-bond donors (Lipinski definition) is 3. The molecule has 5 aromatic rings. The van der Waals surface area contributed by atoms with Crippen molar-refractivity contribution in [3.8, 4) is 5.13 Å². The minimum absolute atomic E-state index is 0.0405. The van der Waals surface area contributed by atoms with Gasteiger partial charge in [-0.25, -0.2) is 22.9 Å². The zero-order valence-corrected chi connectivity index (χ0v) is 20.5. The number of fused-ring (bicyclic) bond motifs is 1. The highest BCUT2D eigenvalue weighted by Gasteiger charge is 2.16. The molecule has 0 radical (unpaired) electrons. The van der Waals surface area contributed by atoms with Gasteiger partial charge in [0.1, 0.15) is 11.5 Å². The Morgan fingerprint density at radius 3 is 2.33 bits per heavy atom. The zero-order valence-electron chi connectivity index (χ0n) is 18.9. The van der Waals surface area contributed by atoms with Gasteiger partial charge in [0.2, 0.25) is 10.0 Å². The van der Waals surface area contributed by atoms with E-state index in [4.69, 9.17) is 5.14 Å². The van der Waals surface area contributed by atoms with Crippen LogP contribution in [0.1, 0.15) is 34.2 Å². The summed E-state index contributed by atoms with van der Waals surface area (Å²) in [5.41, 5.74) is 4.38. The topological polar surface area (TPSA) is 118 Å². The van der Waals surface area contributed by atoms with Crippen molar-refractivity contribution in [3.63, 3.8) is 0 Å². The Labute approximate surface area is 211 Å². The number of aromatic nitrogens is 2. The standard InChI is InChI=1S/C26H22FN3O4S2/c27-22-4-2-1-3-18(22)12-17-7-10-24-21(13-17)19(11-16-5-8-20(9-6-16)36(28,33)34)14-30(24)26-29-23(15-35-26)25(31)32/h1-10,13-15,25,31-32H,11-12H2,(H2,28,33,34). The number of nitrogens with zero attached hydrogens (tertiary/aromatic N) is 2. The first-order chi connectivity index (χ1) is 17.2. The molecule has 7 nitrogen and oxygen atoms in total. The van der Waals surface area contributed by atoms with E-state index in [0.717, 1.165) is 27.6 Å². The fraction of sp³-hybridized carbons (Fsp3) is 0.115. The normalized spacial score (nSPS) is 12.0. The van der Waals surface area contributed by atoms with E-state index >= 15 is 0 Å². The SMILES string of the molecule is NS(=O)(=O)c1ccc(Cc2cn(-c3nc(C(O)O)cs3)c3ccc(Cc4ccccc4F)cc23)cc1. The van der Waals surface area contributed by atoms with Crippen molar-refractivity contribution >= 4 is 32.3 Å². The Morgan fingerprint density at radius 2 is 1.67 bits per heavy atom. The number of benzene rings is 3. The predicted molar refractivity (Wildman–Crippen MR) is 136 cm³/mol. The van der Waals surface area contributed by atoms with Crippen LogP contribution in [-0.2, 0) is 22.9 Å². The Morgan fingerprint density at radius 1 is 0.972 bits per heavy atom. The summed E-state index contributed by atoms with van der Waals surface area (Å²) in [6.07, 6.45) is 1.19. The third-order valence-electron chi connectivity index (χ3n) is 5.93. The number of aliphatic hydroxyl groups is 2. The molecule has 0 amide bonds. The van der Waals surface area contributed by atoms with Gasteiger partial charge >= 0.3 is 0 Å². The van der Waals surface area contributed by atoms with E-state index in [1.165, 1.54) is 29.5 Å². The third-order valence-corrected chi connectivity index (χ3v) is 7.72. The van der Waals surface area contributed by atoms with Gasteiger partial charge in [0, 0.05) is 23.4 Å². The first-order valence-electron chi connectivity index (χ1n) is 11.0. The molecule has 10 heteroatoms. The quantitative estimate of drug-likeness (QED) is 0.278. The molecular formula is C26H22FN3O4S2. The summed E-state index contributed by atoms with van der Waals surface area (Å²) >= 11 is 1.28. The average molecular weight is 524 g/mol. The van der Waals surface area contributed by atoms with Crippen molar-refractivity contribution in [1.29, 1.82) is 0 Å². The van der Waals surface area contributed by atoms with Crippen molar-refractivity contribution in [3.05, 3.63) is 112 Å². The molecular weight excluding hydrogens is 501 g/mol. The molecule has 0 saturated carbocycles. The van der Waals surface area contributed by atoms with Crippen molar-refractivity contribution < 1.29 is 23.0 Å². The lowest BCUT2D eigenvalue weighted by Gasteiger charge is -2.06. The summed E-state index contributed by atoms with van der Waals surface area (Å²) < 4.78 is 39.4. The molecule has 0 aliphatic rings. The molecule has 36 heavy (non-hydrogen) atoms. The van der Waals surface area contributed by atoms with Crippen molar-refractivity contribution in [1.82, 2.24) is 9.55 Å². The molecule has 0 unspecified atom stereocenters. The van der Waals surface area contributed by atoms with Crippen LogP contribution in [0.5, 0.6) is 0 Å². The van der Waals surface area contributed by atoms with Crippen molar-refractivity contribution in [2.75, 3.05) is 0 Å². The summed E-state index contributed by atoms with van der Waals surface area (Å²) in [5, 5.41) is 27.3. The van der Waals surface area contributed by atoms with Crippen molar-refractivity contribution in [2.45, 2.75) is 24.0 Å². The smallest absolute Gasteiger partial charge is 0.238 e. The molecule has 0 atom stereocenters. The summed E-state index contributed by atoms with van der Waals surface area (Å²) in [4.78, 5) is 4.38. The second-order valence-electron chi connectivity index (χ2n) is 8.44. The number of halogens is 1. The number of nitrogens with two attached hydrogens (primary N) is 1. The number of sulfonamides is 1. The fourth-order valence-corrected chi connectivity index (χ4v) is 5.48. The van der Waals surface area contributed by atoms with Gasteiger partial charge in [-0.3, -0.25) is 4.57 Å². The first-order valence-corrected chi connectivity index (χ1v) is 13.4. The van der Waals surface area contributed by atoms with Gasteiger partial charge in [-0.15, -0.1) is 11.3 Å². The molecule has 0 bridgehead atoms. The number of hydrogen-bond acceptors (Lipinski definition) is 6. The number of thiazole rings is 1. The monoisotopic (exact) mass is 523 g/mol. The van der Waals surface area contributed by atoms with E-state index in [1.807, 2.05) is 29.0 Å². The molecule has 184 valence electrons. The van der Waals surface area contributed by atoms with E-state index in [2.05, 4.69) is 4.98 Å². The van der Waals surface area contributed by atoms with Crippen LogP contribution >= 0.6 is 11.3 Å². The molecule has 0 aliphatic heterocycles. The lowest BCUT2D eigenvalue weighted by Crippen LogP contribution is -2.11. The second kappa shape index (κ2) is 9.57. The first kappa shape index (κ1) is 24.3. The van der Waals surface area contributed by atoms with Crippen LogP contribution in [0.2, 0.25) is 0 Å². The van der Waals surface area contributed by atoms with Gasteiger partial charge in [0.15, 0.2) is 11.4 Å². The molecule has 2 aromatic heterocycles. The van der Waals surface area contributed by atoms with E-state index in [0.29, 0.717) is 23.5 Å². The van der Waals surface area contributed by atoms with Crippen LogP contribution < -0.4 is 5.14 Å². The maximum Gasteiger partial charge on any atom is 0.238 e. The average Bonchev–Trinajstić information content (AvgIpc) is 3.46. The van der Waals surface area contributed by atoms with Crippen LogP contribution in [0.4, 0.5) is 4.39 Å². The van der Waals surface area contributed by atoms with Gasteiger partial charge < -0.3 is 10.2 Å². The van der Waals surface area contributed by atoms with E-state index in [9.17, 15) is 23.0 Å². The molecule has 0 fully saturated rings. The van der Waals surface area contributed by atoms with Crippen molar-refractivity contribution in [2.24, 2.45) is 5.14 Å². The van der Waals surface area contributed by atoms with Crippen LogP contribution in [0, 0.1) is 5.82 Å². The van der Waals surface area contributed by atoms with Gasteiger partial charge in [0.05, 0.1) is 10.4 Å². The van der Waals surface area contributed by atoms with Crippen LogP contribution in [-0.4, -0.2) is 28.2 Å². The number of aliphatic hydroxyl groups excluding tert-OH is 1. The lowest BCUT2D eigenvalue weighted by atomic mass is 9.99. The van der Waals surface area contributed by atoms with Gasteiger partial charge in [-0.2, -0.15) is 0 Å². The maximum atomic E-state index is 14.3. The molecule has 2 heterocycles. The summed E-state index contributed by atoms with van der Waals surface area (Å²) in [6, 6.07) is 18.9. The third kappa shape index (κ3) is 4.95. The van der Waals surface area contributed by atoms with Crippen LogP contribution in [0.3, 0.4) is 0 Å². The molecule has 0 saturated heterocycles. The predicted octanol–water partition coefficient (Wildman–Crippen LogP) is 4.04. The Kier molecular flexibility index (Phi) is 6.45. The van der Waals surface area contributed by atoms with E-state index in [1.54, 1.807) is 35.7 Å². The minimum Gasteiger partial charge on any atom is -0.363 e. The summed E-state index contributed by atoms with van der Waals surface area (Å²) in [5.74, 6) is -0.261. The lowest BCUT2D eigenvalue weighted by molar-refractivity contribution is -0.0453. The van der Waals surface area contributed by atoms with Gasteiger partial charge in [-0.1, -0.05) is 36.4 Å². The van der Waals surface area contributed by atoms with Crippen LogP contribution in [0.25, 0.3) is 16.0 Å². The number of primary sulfonamides is 1. The fourth-order valence-electron chi connectivity index (χ4n) is 4.14. The number of rotatable bonds is 7. The molecule has 0 aliphatic carbocycles. The molecule has 4 N–H and O–H groups in total. The minimum atomic E-state index is -3.79. The summed E-state index contributed by atoms with van der Waals surface area (Å²) in [7, 11) is -3.79. The molecule has 5 rings (SSSR count). The second-order valence-corrected chi connectivity index (χ2v) is 10.8. The van der Waals surface area contributed by atoms with Gasteiger partial charge in [-0.05, 0) is 59.0 Å². The Bertz CT molecular complexity index is 1660. The largest absolute Gasteiger partial charge is 0.363 e. The molecule has 3 aromatic carbocycles. The highest BCUT2D eigenvalue weighted by atomic mass is 32.2. The Balaban J connectivity index is 1.58. The van der Waals surface area contributed by atoms with E-state index < -0.39 is 16.3 Å². The Hall–Kier alpha value is -3.41. The summed E-state index contributed by atoms with van der Waals surface area (Å²) in [6.45, 7) is 0. The van der Waals surface area contributed by atoms with E-state index in [-0.39, 0.29) is 16.4 Å². The van der Waals surface area contributed by atoms with Gasteiger partial charge in [0.25, 0.3) is 0 Å². The van der Waals surface area contributed by atoms with Crippen LogP contribution in [0.15, 0.2) is 83.2 Å². The highest BCUT2D eigenvalue weighted by molar-refractivity contribution is 7.89. The maximum absolute atomic E-state index is 14.3. The zero-order chi connectivity index (χ0) is 25.4. The molecule has 0 spiro atoms.